The van der Waals surface area contributed by atoms with Gasteiger partial charge in [-0.3, -0.25) is 4.79 Å². The van der Waals surface area contributed by atoms with Crippen LogP contribution >= 0.6 is 0 Å². The predicted molar refractivity (Wildman–Crippen MR) is 99.5 cm³/mol. The highest BCUT2D eigenvalue weighted by Gasteiger charge is 2.39. The predicted octanol–water partition coefficient (Wildman–Crippen LogP) is -0.670. The fourth-order valence-electron chi connectivity index (χ4n) is 2.95. The maximum absolute atomic E-state index is 12.2. The summed E-state index contributed by atoms with van der Waals surface area (Å²) in [5.74, 6) is -0.445. The fourth-order valence-corrected chi connectivity index (χ4v) is 2.95. The van der Waals surface area contributed by atoms with Crippen molar-refractivity contribution in [2.45, 2.75) is 56.8 Å². The van der Waals surface area contributed by atoms with Crippen molar-refractivity contribution in [1.29, 1.82) is 0 Å². The first-order valence-corrected chi connectivity index (χ1v) is 9.21. The average molecular weight is 396 g/mol. The molecular formula is C19H28N2O7. The van der Waals surface area contributed by atoms with Crippen LogP contribution in [-0.2, 0) is 20.7 Å². The van der Waals surface area contributed by atoms with Gasteiger partial charge in [0.05, 0.1) is 19.3 Å². The Morgan fingerprint density at radius 1 is 1.21 bits per heavy atom. The van der Waals surface area contributed by atoms with Gasteiger partial charge in [-0.2, -0.15) is 0 Å². The van der Waals surface area contributed by atoms with Crippen LogP contribution in [0.2, 0.25) is 0 Å². The Morgan fingerprint density at radius 2 is 1.89 bits per heavy atom. The largest absolute Gasteiger partial charge is 0.436 e. The smallest absolute Gasteiger partial charge is 0.408 e. The number of alkyl carbamates (subject to hydrolysis) is 1. The molecule has 0 aromatic heterocycles. The van der Waals surface area contributed by atoms with Crippen LogP contribution in [0.5, 0.6) is 0 Å². The van der Waals surface area contributed by atoms with Crippen molar-refractivity contribution >= 4 is 12.0 Å². The Bertz CT molecular complexity index is 642. The minimum atomic E-state index is -1.34. The molecule has 1 heterocycles. The van der Waals surface area contributed by atoms with Gasteiger partial charge >= 0.3 is 6.09 Å². The summed E-state index contributed by atoms with van der Waals surface area (Å²) in [6.45, 7) is 2.74. The number of ether oxygens (including phenoxy) is 2. The Hall–Kier alpha value is -2.20. The van der Waals surface area contributed by atoms with E-state index in [4.69, 9.17) is 14.6 Å². The summed E-state index contributed by atoms with van der Waals surface area (Å²) in [6.07, 6.45) is -4.91. The van der Waals surface area contributed by atoms with Gasteiger partial charge in [0.25, 0.3) is 5.91 Å². The van der Waals surface area contributed by atoms with Crippen LogP contribution < -0.4 is 10.6 Å². The fraction of sp³-hybridized carbons (Fsp3) is 0.579. The zero-order chi connectivity index (χ0) is 20.7. The van der Waals surface area contributed by atoms with Gasteiger partial charge in [-0.15, -0.1) is 0 Å². The van der Waals surface area contributed by atoms with Crippen molar-refractivity contribution < 1.29 is 34.4 Å². The first-order chi connectivity index (χ1) is 13.3. The maximum Gasteiger partial charge on any atom is 0.408 e. The summed E-state index contributed by atoms with van der Waals surface area (Å²) in [5, 5.41) is 34.0. The minimum absolute atomic E-state index is 0.104. The molecule has 2 rings (SSSR count). The van der Waals surface area contributed by atoms with E-state index in [2.05, 4.69) is 10.6 Å². The number of hydrogen-bond acceptors (Lipinski definition) is 7. The summed E-state index contributed by atoms with van der Waals surface area (Å²) in [7, 11) is 0. The number of benzene rings is 1. The summed E-state index contributed by atoms with van der Waals surface area (Å²) in [4.78, 5) is 24.2. The maximum atomic E-state index is 12.2. The molecule has 9 heteroatoms. The summed E-state index contributed by atoms with van der Waals surface area (Å²) < 4.78 is 10.2. The van der Waals surface area contributed by atoms with Crippen LogP contribution in [0.25, 0.3) is 0 Å². The molecule has 1 aliphatic rings. The number of rotatable bonds is 7. The number of amides is 2. The lowest BCUT2D eigenvalue weighted by Crippen LogP contribution is -2.60. The molecule has 0 bridgehead atoms. The van der Waals surface area contributed by atoms with Gasteiger partial charge in [-0.1, -0.05) is 30.3 Å². The molecule has 2 amide bonds. The molecule has 0 spiro atoms. The lowest BCUT2D eigenvalue weighted by Gasteiger charge is -2.36. The van der Waals surface area contributed by atoms with E-state index in [0.29, 0.717) is 6.42 Å². The highest BCUT2D eigenvalue weighted by Crippen LogP contribution is 2.15. The normalized spacial score (nSPS) is 26.8. The Labute approximate surface area is 163 Å². The average Bonchev–Trinajstić information content (AvgIpc) is 2.66. The van der Waals surface area contributed by atoms with Crippen molar-refractivity contribution in [3.05, 3.63) is 35.9 Å². The molecule has 1 fully saturated rings. The quantitative estimate of drug-likeness (QED) is 0.412. The number of aliphatic hydroxyl groups is 3. The number of carbonyl (C=O) groups excluding carboxylic acids is 2. The summed E-state index contributed by atoms with van der Waals surface area (Å²) in [5.41, 5.74) is 1.08. The highest BCUT2D eigenvalue weighted by atomic mass is 16.6. The van der Waals surface area contributed by atoms with Gasteiger partial charge in [-0.25, -0.2) is 4.79 Å². The van der Waals surface area contributed by atoms with Gasteiger partial charge in [0.15, 0.2) is 6.10 Å². The van der Waals surface area contributed by atoms with Crippen molar-refractivity contribution in [1.82, 2.24) is 10.6 Å². The van der Waals surface area contributed by atoms with Crippen LogP contribution in [0.1, 0.15) is 19.4 Å². The third kappa shape index (κ3) is 6.16. The molecule has 156 valence electrons. The molecular weight excluding hydrogens is 368 g/mol. The van der Waals surface area contributed by atoms with Gasteiger partial charge in [0.1, 0.15) is 18.3 Å². The van der Waals surface area contributed by atoms with Crippen LogP contribution in [0.4, 0.5) is 4.79 Å². The molecule has 9 nitrogen and oxygen atoms in total. The van der Waals surface area contributed by atoms with E-state index in [1.807, 2.05) is 37.3 Å². The Balaban J connectivity index is 1.77. The van der Waals surface area contributed by atoms with E-state index in [-0.39, 0.29) is 12.6 Å². The first kappa shape index (κ1) is 22.1. The van der Waals surface area contributed by atoms with E-state index in [0.717, 1.165) is 5.56 Å². The second-order valence-electron chi connectivity index (χ2n) is 6.93. The third-order valence-electron chi connectivity index (χ3n) is 4.54. The van der Waals surface area contributed by atoms with Gasteiger partial charge in [-0.05, 0) is 25.8 Å². The van der Waals surface area contributed by atoms with Crippen molar-refractivity contribution in [2.75, 3.05) is 13.2 Å². The first-order valence-electron chi connectivity index (χ1n) is 9.21. The van der Waals surface area contributed by atoms with E-state index >= 15 is 0 Å². The van der Waals surface area contributed by atoms with E-state index in [9.17, 15) is 19.8 Å². The zero-order valence-electron chi connectivity index (χ0n) is 15.9. The molecule has 1 aliphatic heterocycles. The zero-order valence-corrected chi connectivity index (χ0v) is 15.9. The standard InChI is InChI=1S/C19H28N2O7/c1-11(8-13-6-4-3-5-7-13)20-18(25)12(2)28-19(26)21-14-10-27-15(9-22)17(24)16(14)23/h3-7,11-12,14-17,22-24H,8-10H2,1-2H3,(H,20,25)(H,21,26). The molecule has 1 aromatic carbocycles. The van der Waals surface area contributed by atoms with Crippen molar-refractivity contribution in [3.8, 4) is 0 Å². The van der Waals surface area contributed by atoms with Gasteiger partial charge in [0, 0.05) is 6.04 Å². The lowest BCUT2D eigenvalue weighted by molar-refractivity contribution is -0.160. The highest BCUT2D eigenvalue weighted by molar-refractivity contribution is 5.83. The lowest BCUT2D eigenvalue weighted by atomic mass is 9.99. The minimum Gasteiger partial charge on any atom is -0.436 e. The molecule has 28 heavy (non-hydrogen) atoms. The summed E-state index contributed by atoms with van der Waals surface area (Å²) in [6, 6.07) is 8.61. The van der Waals surface area contributed by atoms with Crippen LogP contribution in [-0.4, -0.2) is 77.0 Å². The monoisotopic (exact) mass is 396 g/mol. The van der Waals surface area contributed by atoms with Gasteiger partial charge in [0.2, 0.25) is 0 Å². The molecule has 0 aliphatic carbocycles. The molecule has 0 radical (unpaired) electrons. The Morgan fingerprint density at radius 3 is 2.54 bits per heavy atom. The molecule has 6 atom stereocenters. The van der Waals surface area contributed by atoms with Crippen LogP contribution in [0.15, 0.2) is 30.3 Å². The van der Waals surface area contributed by atoms with E-state index < -0.39 is 49.1 Å². The number of nitrogens with one attached hydrogen (secondary N) is 2. The Kier molecular flexibility index (Phi) is 8.18. The molecule has 0 saturated carbocycles. The van der Waals surface area contributed by atoms with Crippen molar-refractivity contribution in [3.63, 3.8) is 0 Å². The SMILES string of the molecule is CC(Cc1ccccc1)NC(=O)C(C)OC(=O)NC1COC(CO)C(O)C1O. The van der Waals surface area contributed by atoms with Gasteiger partial charge < -0.3 is 35.4 Å². The van der Waals surface area contributed by atoms with Crippen LogP contribution in [0, 0.1) is 0 Å². The second kappa shape index (κ2) is 10.4. The van der Waals surface area contributed by atoms with E-state index in [1.54, 1.807) is 0 Å². The third-order valence-corrected chi connectivity index (χ3v) is 4.54. The number of hydrogen-bond donors (Lipinski definition) is 5. The molecule has 6 unspecified atom stereocenters. The molecule has 5 N–H and O–H groups in total. The number of carbonyl (C=O) groups is 2. The molecule has 1 saturated heterocycles. The number of aliphatic hydroxyl groups excluding tert-OH is 3. The topological polar surface area (TPSA) is 137 Å². The van der Waals surface area contributed by atoms with Crippen molar-refractivity contribution in [2.24, 2.45) is 0 Å². The van der Waals surface area contributed by atoms with E-state index in [1.165, 1.54) is 6.92 Å². The second-order valence-corrected chi connectivity index (χ2v) is 6.93. The molecule has 1 aromatic rings. The van der Waals surface area contributed by atoms with Crippen LogP contribution in [0.3, 0.4) is 0 Å². The summed E-state index contributed by atoms with van der Waals surface area (Å²) >= 11 is 0.